The number of nitrogens with zero attached hydrogens (tertiary/aromatic N) is 3. The lowest BCUT2D eigenvalue weighted by Gasteiger charge is -2.27. The highest BCUT2D eigenvalue weighted by molar-refractivity contribution is 7.85. The first-order valence-electron chi connectivity index (χ1n) is 5.02. The molecular weight excluding hydrogens is 272 g/mol. The monoisotopic (exact) mass is 283 g/mol. The van der Waals surface area contributed by atoms with Gasteiger partial charge in [-0.2, -0.15) is 8.42 Å². The van der Waals surface area contributed by atoms with E-state index >= 15 is 0 Å². The van der Waals surface area contributed by atoms with Gasteiger partial charge in [-0.15, -0.1) is 5.10 Å². The lowest BCUT2D eigenvalue weighted by molar-refractivity contribution is -0.0342. The van der Waals surface area contributed by atoms with Gasteiger partial charge in [0.15, 0.2) is 0 Å². The zero-order valence-corrected chi connectivity index (χ0v) is 10.2. The molecule has 0 saturated carbocycles. The first-order valence-corrected chi connectivity index (χ1v) is 6.60. The summed E-state index contributed by atoms with van der Waals surface area (Å²) in [6.07, 6.45) is -2.86. The average Bonchev–Trinajstić information content (AvgIpc) is 2.58. The lowest BCUT2D eigenvalue weighted by atomic mass is 10.2. The Hall–Kier alpha value is -1.13. The Kier molecular flexibility index (Phi) is 3.59. The molecular formula is C8H11F2N3O4S. The van der Waals surface area contributed by atoms with Gasteiger partial charge in [0.1, 0.15) is 23.2 Å². The second-order valence-corrected chi connectivity index (χ2v) is 5.46. The van der Waals surface area contributed by atoms with Gasteiger partial charge in [0.25, 0.3) is 16.5 Å². The van der Waals surface area contributed by atoms with Crippen molar-refractivity contribution < 1.29 is 26.1 Å². The molecule has 0 atom stereocenters. The molecule has 1 aliphatic rings. The topological polar surface area (TPSA) is 83.3 Å². The summed E-state index contributed by atoms with van der Waals surface area (Å²) in [5.41, 5.74) is -0.789. The van der Waals surface area contributed by atoms with Crippen molar-refractivity contribution in [3.63, 3.8) is 0 Å². The third-order valence-corrected chi connectivity index (χ3v) is 3.68. The SMILES string of the molecule is COS(=O)(=O)Cc1nnn(C2COC2)c1C(F)F. The van der Waals surface area contributed by atoms with Crippen LogP contribution in [0, 0.1) is 0 Å². The normalized spacial score (nSPS) is 17.1. The van der Waals surface area contributed by atoms with Crippen molar-refractivity contribution in [3.05, 3.63) is 11.4 Å². The highest BCUT2D eigenvalue weighted by Gasteiger charge is 2.31. The van der Waals surface area contributed by atoms with Crippen molar-refractivity contribution in [1.82, 2.24) is 15.0 Å². The number of hydrogen-bond acceptors (Lipinski definition) is 6. The molecule has 0 unspecified atom stereocenters. The summed E-state index contributed by atoms with van der Waals surface area (Å²) in [5, 5.41) is 7.06. The fourth-order valence-electron chi connectivity index (χ4n) is 1.52. The molecule has 18 heavy (non-hydrogen) atoms. The Morgan fingerprint density at radius 3 is 2.67 bits per heavy atom. The minimum absolute atomic E-state index is 0.263. The van der Waals surface area contributed by atoms with Crippen molar-refractivity contribution in [2.24, 2.45) is 0 Å². The molecule has 0 N–H and O–H groups in total. The molecule has 10 heteroatoms. The van der Waals surface area contributed by atoms with Gasteiger partial charge in [-0.05, 0) is 0 Å². The average molecular weight is 283 g/mol. The zero-order chi connectivity index (χ0) is 13.3. The summed E-state index contributed by atoms with van der Waals surface area (Å²) in [6, 6.07) is -0.319. The van der Waals surface area contributed by atoms with E-state index in [1.165, 1.54) is 0 Å². The smallest absolute Gasteiger partial charge is 0.281 e. The molecule has 0 radical (unpaired) electrons. The van der Waals surface area contributed by atoms with Gasteiger partial charge in [-0.25, -0.2) is 13.5 Å². The van der Waals surface area contributed by atoms with Gasteiger partial charge < -0.3 is 4.74 Å². The number of halogens is 2. The third-order valence-electron chi connectivity index (χ3n) is 2.54. The lowest BCUT2D eigenvalue weighted by Crippen LogP contribution is -2.32. The van der Waals surface area contributed by atoms with E-state index in [1.807, 2.05) is 0 Å². The number of ether oxygens (including phenoxy) is 1. The molecule has 1 aromatic heterocycles. The largest absolute Gasteiger partial charge is 0.377 e. The zero-order valence-electron chi connectivity index (χ0n) is 9.41. The number of hydrogen-bond donors (Lipinski definition) is 0. The van der Waals surface area contributed by atoms with E-state index in [4.69, 9.17) is 4.74 Å². The van der Waals surface area contributed by atoms with Crippen LogP contribution in [0.5, 0.6) is 0 Å². The Morgan fingerprint density at radius 2 is 2.22 bits per heavy atom. The molecule has 0 spiro atoms. The Labute approximate surface area is 102 Å². The van der Waals surface area contributed by atoms with Crippen LogP contribution in [0.4, 0.5) is 8.78 Å². The Bertz CT molecular complexity index is 526. The number of alkyl halides is 2. The van der Waals surface area contributed by atoms with Crippen LogP contribution in [0.2, 0.25) is 0 Å². The molecule has 1 saturated heterocycles. The first kappa shape index (κ1) is 13.3. The minimum Gasteiger partial charge on any atom is -0.377 e. The third kappa shape index (κ3) is 2.49. The van der Waals surface area contributed by atoms with Crippen molar-refractivity contribution in [2.75, 3.05) is 20.3 Å². The van der Waals surface area contributed by atoms with Crippen LogP contribution in [0.25, 0.3) is 0 Å². The second kappa shape index (κ2) is 4.86. The quantitative estimate of drug-likeness (QED) is 0.721. The van der Waals surface area contributed by atoms with Gasteiger partial charge >= 0.3 is 0 Å². The van der Waals surface area contributed by atoms with E-state index in [0.29, 0.717) is 0 Å². The number of aromatic nitrogens is 3. The van der Waals surface area contributed by atoms with Gasteiger partial charge in [-0.3, -0.25) is 4.18 Å². The minimum atomic E-state index is -3.91. The van der Waals surface area contributed by atoms with Crippen LogP contribution in [-0.4, -0.2) is 43.7 Å². The molecule has 0 bridgehead atoms. The van der Waals surface area contributed by atoms with Crippen LogP contribution in [-0.2, 0) is 24.8 Å². The first-order chi connectivity index (χ1) is 8.44. The Morgan fingerprint density at radius 1 is 1.56 bits per heavy atom. The predicted molar refractivity (Wildman–Crippen MR) is 54.5 cm³/mol. The standard InChI is InChI=1S/C8H11F2N3O4S/c1-16-18(14,15)4-6-7(8(9)10)13(12-11-6)5-2-17-3-5/h5,8H,2-4H2,1H3. The van der Waals surface area contributed by atoms with Crippen molar-refractivity contribution >= 4 is 10.1 Å². The molecule has 7 nitrogen and oxygen atoms in total. The molecule has 2 heterocycles. The molecule has 0 aromatic carbocycles. The van der Waals surface area contributed by atoms with E-state index in [0.717, 1.165) is 11.8 Å². The highest BCUT2D eigenvalue weighted by atomic mass is 32.2. The van der Waals surface area contributed by atoms with E-state index < -0.39 is 28.0 Å². The summed E-state index contributed by atoms with van der Waals surface area (Å²) in [7, 11) is -2.95. The molecule has 2 rings (SSSR count). The van der Waals surface area contributed by atoms with Crippen LogP contribution >= 0.6 is 0 Å². The van der Waals surface area contributed by atoms with E-state index in [2.05, 4.69) is 14.5 Å². The molecule has 1 fully saturated rings. The predicted octanol–water partition coefficient (Wildman–Crippen LogP) is 0.263. The van der Waals surface area contributed by atoms with Crippen LogP contribution in [0.15, 0.2) is 0 Å². The number of rotatable bonds is 5. The van der Waals surface area contributed by atoms with Gasteiger partial charge in [0.2, 0.25) is 0 Å². The van der Waals surface area contributed by atoms with Crippen LogP contribution < -0.4 is 0 Å². The van der Waals surface area contributed by atoms with E-state index in [9.17, 15) is 17.2 Å². The van der Waals surface area contributed by atoms with Crippen LogP contribution in [0.1, 0.15) is 23.9 Å². The fourth-order valence-corrected chi connectivity index (χ4v) is 2.18. The molecule has 0 amide bonds. The maximum absolute atomic E-state index is 12.9. The molecule has 1 aromatic rings. The summed E-state index contributed by atoms with van der Waals surface area (Å²) in [5.74, 6) is -0.725. The summed E-state index contributed by atoms with van der Waals surface area (Å²) < 4.78 is 58.5. The van der Waals surface area contributed by atoms with Crippen molar-refractivity contribution in [2.45, 2.75) is 18.2 Å². The fraction of sp³-hybridized carbons (Fsp3) is 0.750. The Balaban J connectivity index is 2.33. The van der Waals surface area contributed by atoms with Gasteiger partial charge in [0.05, 0.1) is 20.3 Å². The summed E-state index contributed by atoms with van der Waals surface area (Å²) >= 11 is 0. The summed E-state index contributed by atoms with van der Waals surface area (Å²) in [4.78, 5) is 0. The van der Waals surface area contributed by atoms with E-state index in [-0.39, 0.29) is 24.9 Å². The molecule has 0 aliphatic carbocycles. The van der Waals surface area contributed by atoms with Gasteiger partial charge in [-0.1, -0.05) is 5.21 Å². The molecule has 1 aliphatic heterocycles. The molecule has 102 valence electrons. The summed E-state index contributed by atoms with van der Waals surface area (Å²) in [6.45, 7) is 0.527. The maximum atomic E-state index is 12.9. The van der Waals surface area contributed by atoms with Crippen LogP contribution in [0.3, 0.4) is 0 Å². The van der Waals surface area contributed by atoms with Gasteiger partial charge in [0, 0.05) is 0 Å². The van der Waals surface area contributed by atoms with Crippen molar-refractivity contribution in [3.8, 4) is 0 Å². The van der Waals surface area contributed by atoms with E-state index in [1.54, 1.807) is 0 Å². The second-order valence-electron chi connectivity index (χ2n) is 3.73. The maximum Gasteiger partial charge on any atom is 0.281 e. The van der Waals surface area contributed by atoms with Crippen molar-refractivity contribution in [1.29, 1.82) is 0 Å². The highest BCUT2D eigenvalue weighted by Crippen LogP contribution is 2.28.